The van der Waals surface area contributed by atoms with Crippen molar-refractivity contribution in [2.45, 2.75) is 37.6 Å². The van der Waals surface area contributed by atoms with Gasteiger partial charge in [-0.25, -0.2) is 0 Å². The first-order valence-corrected chi connectivity index (χ1v) is 7.39. The van der Waals surface area contributed by atoms with Gasteiger partial charge in [-0.3, -0.25) is 9.59 Å². The summed E-state index contributed by atoms with van der Waals surface area (Å²) in [5, 5.41) is 2.76. The highest BCUT2D eigenvalue weighted by Gasteiger charge is 2.31. The molecule has 1 saturated carbocycles. The van der Waals surface area contributed by atoms with Crippen LogP contribution < -0.4 is 5.32 Å². The van der Waals surface area contributed by atoms with Gasteiger partial charge in [-0.1, -0.05) is 30.3 Å². The van der Waals surface area contributed by atoms with E-state index in [4.69, 9.17) is 0 Å². The second-order valence-electron chi connectivity index (χ2n) is 5.72. The summed E-state index contributed by atoms with van der Waals surface area (Å²) in [4.78, 5) is 25.5. The van der Waals surface area contributed by atoms with E-state index in [-0.39, 0.29) is 11.9 Å². The van der Waals surface area contributed by atoms with Gasteiger partial charge >= 0.3 is 11.8 Å². The zero-order valence-corrected chi connectivity index (χ0v) is 11.5. The lowest BCUT2D eigenvalue weighted by molar-refractivity contribution is -0.146. The van der Waals surface area contributed by atoms with E-state index in [0.717, 1.165) is 25.7 Å². The fourth-order valence-electron chi connectivity index (χ4n) is 2.76. The summed E-state index contributed by atoms with van der Waals surface area (Å²) in [6.45, 7) is 1.35. The number of carbonyl (C=O) groups excluding carboxylic acids is 2. The van der Waals surface area contributed by atoms with Crippen molar-refractivity contribution in [2.75, 3.05) is 13.1 Å². The first-order chi connectivity index (χ1) is 9.74. The zero-order chi connectivity index (χ0) is 13.9. The number of hydrogen-bond donors (Lipinski definition) is 1. The van der Waals surface area contributed by atoms with Gasteiger partial charge in [0, 0.05) is 19.1 Å². The van der Waals surface area contributed by atoms with Crippen molar-refractivity contribution < 1.29 is 9.59 Å². The van der Waals surface area contributed by atoms with Crippen LogP contribution in [0.1, 0.15) is 37.2 Å². The lowest BCUT2D eigenvalue weighted by Gasteiger charge is -2.31. The predicted molar refractivity (Wildman–Crippen MR) is 76.2 cm³/mol. The molecule has 2 amide bonds. The normalized spacial score (nSPS) is 19.7. The van der Waals surface area contributed by atoms with Crippen molar-refractivity contribution in [1.82, 2.24) is 10.2 Å². The number of rotatable bonds is 2. The van der Waals surface area contributed by atoms with Crippen molar-refractivity contribution >= 4 is 11.8 Å². The van der Waals surface area contributed by atoms with Crippen LogP contribution in [0, 0.1) is 0 Å². The summed E-state index contributed by atoms with van der Waals surface area (Å²) in [6, 6.07) is 10.6. The van der Waals surface area contributed by atoms with E-state index in [9.17, 15) is 9.59 Å². The number of benzene rings is 1. The van der Waals surface area contributed by atoms with Crippen LogP contribution in [0.25, 0.3) is 0 Å². The zero-order valence-electron chi connectivity index (χ0n) is 11.5. The first kappa shape index (κ1) is 13.2. The van der Waals surface area contributed by atoms with Gasteiger partial charge in [0.05, 0.1) is 0 Å². The van der Waals surface area contributed by atoms with Crippen LogP contribution in [0.15, 0.2) is 30.3 Å². The summed E-state index contributed by atoms with van der Waals surface area (Å²) in [5.74, 6) is -0.277. The smallest absolute Gasteiger partial charge is 0.311 e. The van der Waals surface area contributed by atoms with Crippen molar-refractivity contribution in [3.63, 3.8) is 0 Å². The Hall–Kier alpha value is -1.84. The minimum absolute atomic E-state index is 0.244. The molecule has 1 heterocycles. The Morgan fingerprint density at radius 3 is 2.25 bits per heavy atom. The van der Waals surface area contributed by atoms with Crippen molar-refractivity contribution in [2.24, 2.45) is 0 Å². The van der Waals surface area contributed by atoms with E-state index in [2.05, 4.69) is 29.6 Å². The fraction of sp³-hybridized carbons (Fsp3) is 0.500. The average Bonchev–Trinajstić information content (AvgIpc) is 3.31. The largest absolute Gasteiger partial charge is 0.345 e. The lowest BCUT2D eigenvalue weighted by Crippen LogP contribution is -2.46. The molecular weight excluding hydrogens is 252 g/mol. The topological polar surface area (TPSA) is 49.4 Å². The van der Waals surface area contributed by atoms with Gasteiger partial charge in [-0.2, -0.15) is 0 Å². The van der Waals surface area contributed by atoms with E-state index < -0.39 is 5.91 Å². The molecule has 2 aliphatic rings. The molecule has 1 aromatic rings. The molecular formula is C16H20N2O2. The van der Waals surface area contributed by atoms with Crippen molar-refractivity contribution in [3.8, 4) is 0 Å². The monoisotopic (exact) mass is 272 g/mol. The van der Waals surface area contributed by atoms with Gasteiger partial charge in [0.15, 0.2) is 0 Å². The number of likely N-dealkylation sites (tertiary alicyclic amines) is 1. The highest BCUT2D eigenvalue weighted by Crippen LogP contribution is 2.27. The van der Waals surface area contributed by atoms with Gasteiger partial charge in [-0.15, -0.1) is 0 Å². The minimum atomic E-state index is -0.425. The third kappa shape index (κ3) is 3.00. The average molecular weight is 272 g/mol. The molecule has 0 atom stereocenters. The van der Waals surface area contributed by atoms with E-state index in [1.54, 1.807) is 4.90 Å². The molecule has 0 unspecified atom stereocenters. The number of hydrogen-bond acceptors (Lipinski definition) is 2. The summed E-state index contributed by atoms with van der Waals surface area (Å²) in [7, 11) is 0. The number of piperidine rings is 1. The van der Waals surface area contributed by atoms with Gasteiger partial charge in [0.25, 0.3) is 0 Å². The molecule has 0 radical (unpaired) electrons. The number of carbonyl (C=O) groups is 2. The molecule has 3 rings (SSSR count). The summed E-state index contributed by atoms with van der Waals surface area (Å²) < 4.78 is 0. The number of nitrogens with zero attached hydrogens (tertiary/aromatic N) is 1. The fourth-order valence-corrected chi connectivity index (χ4v) is 2.76. The molecule has 106 valence electrons. The van der Waals surface area contributed by atoms with Gasteiger partial charge in [0.1, 0.15) is 0 Å². The maximum Gasteiger partial charge on any atom is 0.311 e. The Balaban J connectivity index is 1.52. The maximum atomic E-state index is 12.0. The van der Waals surface area contributed by atoms with E-state index in [1.807, 2.05) is 6.07 Å². The third-order valence-electron chi connectivity index (χ3n) is 4.16. The standard InChI is InChI=1S/C16H20N2O2/c19-15(17-14-6-7-14)16(20)18-10-8-13(9-11-18)12-4-2-1-3-5-12/h1-5,13-14H,6-11H2,(H,17,19). The molecule has 0 aromatic heterocycles. The highest BCUT2D eigenvalue weighted by atomic mass is 16.2. The quantitative estimate of drug-likeness (QED) is 0.833. The van der Waals surface area contributed by atoms with Gasteiger partial charge in [0.2, 0.25) is 0 Å². The molecule has 2 fully saturated rings. The van der Waals surface area contributed by atoms with Crippen LogP contribution >= 0.6 is 0 Å². The molecule has 1 N–H and O–H groups in total. The van der Waals surface area contributed by atoms with Crippen LogP contribution in [-0.2, 0) is 9.59 Å². The van der Waals surface area contributed by atoms with E-state index in [0.29, 0.717) is 19.0 Å². The molecule has 1 saturated heterocycles. The van der Waals surface area contributed by atoms with E-state index >= 15 is 0 Å². The highest BCUT2D eigenvalue weighted by molar-refractivity contribution is 6.35. The molecule has 4 nitrogen and oxygen atoms in total. The van der Waals surface area contributed by atoms with Gasteiger partial charge < -0.3 is 10.2 Å². The van der Waals surface area contributed by atoms with Gasteiger partial charge in [-0.05, 0) is 37.2 Å². The molecule has 0 spiro atoms. The Kier molecular flexibility index (Phi) is 3.72. The molecule has 1 aromatic carbocycles. The van der Waals surface area contributed by atoms with Crippen LogP contribution in [0.4, 0.5) is 0 Å². The summed E-state index contributed by atoms with van der Waals surface area (Å²) in [5.41, 5.74) is 1.34. The number of nitrogens with one attached hydrogen (secondary N) is 1. The SMILES string of the molecule is O=C(NC1CC1)C(=O)N1CCC(c2ccccc2)CC1. The Bertz CT molecular complexity index is 488. The minimum Gasteiger partial charge on any atom is -0.345 e. The lowest BCUT2D eigenvalue weighted by atomic mass is 9.89. The summed E-state index contributed by atoms with van der Waals surface area (Å²) in [6.07, 6.45) is 3.89. The second-order valence-corrected chi connectivity index (χ2v) is 5.72. The predicted octanol–water partition coefficient (Wildman–Crippen LogP) is 1.67. The van der Waals surface area contributed by atoms with Crippen LogP contribution in [0.2, 0.25) is 0 Å². The Morgan fingerprint density at radius 2 is 1.65 bits per heavy atom. The Morgan fingerprint density at radius 1 is 1.00 bits per heavy atom. The maximum absolute atomic E-state index is 12.0. The van der Waals surface area contributed by atoms with Crippen LogP contribution in [-0.4, -0.2) is 35.8 Å². The van der Waals surface area contributed by atoms with Crippen molar-refractivity contribution in [3.05, 3.63) is 35.9 Å². The third-order valence-corrected chi connectivity index (χ3v) is 4.16. The second kappa shape index (κ2) is 5.65. The molecule has 0 bridgehead atoms. The summed E-state index contributed by atoms with van der Waals surface area (Å²) >= 11 is 0. The first-order valence-electron chi connectivity index (χ1n) is 7.39. The molecule has 1 aliphatic heterocycles. The Labute approximate surface area is 119 Å². The van der Waals surface area contributed by atoms with E-state index in [1.165, 1.54) is 5.56 Å². The van der Waals surface area contributed by atoms with Crippen LogP contribution in [0.3, 0.4) is 0 Å². The molecule has 1 aliphatic carbocycles. The molecule has 20 heavy (non-hydrogen) atoms. The van der Waals surface area contributed by atoms with Crippen molar-refractivity contribution in [1.29, 1.82) is 0 Å². The molecule has 4 heteroatoms. The number of amides is 2. The van der Waals surface area contributed by atoms with Crippen LogP contribution in [0.5, 0.6) is 0 Å².